The summed E-state index contributed by atoms with van der Waals surface area (Å²) in [4.78, 5) is 10.8. The van der Waals surface area contributed by atoms with Gasteiger partial charge in [-0.25, -0.2) is 0 Å². The standard InChI is InChI=1S/C21H37F3O5Si/c1-18(2,30(5,6)25)11-14-7-9-20(12-28-20)17(16(14)26-4)19(3)15(29-19)8-10-27-13-21(22,23)24/h14-17,25H,7-13H2,1-6H3/t14-,15+,16+,17+,19?,20-/m0/s1. The van der Waals surface area contributed by atoms with Crippen molar-refractivity contribution in [3.8, 4) is 0 Å². The molecule has 176 valence electrons. The van der Waals surface area contributed by atoms with Crippen molar-refractivity contribution < 1.29 is 36.9 Å². The molecule has 3 rings (SSSR count). The van der Waals surface area contributed by atoms with Gasteiger partial charge in [-0.3, -0.25) is 0 Å². The van der Waals surface area contributed by atoms with Gasteiger partial charge in [0.05, 0.1) is 24.4 Å². The van der Waals surface area contributed by atoms with Gasteiger partial charge in [-0.2, -0.15) is 13.2 Å². The second-order valence-corrected chi connectivity index (χ2v) is 15.2. The molecule has 0 amide bonds. The summed E-state index contributed by atoms with van der Waals surface area (Å²) in [6.45, 7) is 9.70. The van der Waals surface area contributed by atoms with Gasteiger partial charge in [0, 0.05) is 19.6 Å². The minimum Gasteiger partial charge on any atom is -0.432 e. The number of rotatable bonds is 9. The maximum Gasteiger partial charge on any atom is 0.411 e. The van der Waals surface area contributed by atoms with Crippen LogP contribution in [-0.2, 0) is 18.9 Å². The number of methoxy groups -OCH3 is 1. The van der Waals surface area contributed by atoms with Gasteiger partial charge in [0.25, 0.3) is 0 Å². The molecule has 0 aromatic carbocycles. The predicted octanol–water partition coefficient (Wildman–Crippen LogP) is 4.29. The molecule has 3 aliphatic rings. The fourth-order valence-electron chi connectivity index (χ4n) is 5.31. The molecule has 1 aliphatic carbocycles. The molecule has 30 heavy (non-hydrogen) atoms. The number of epoxide rings is 2. The normalized spacial score (nSPS) is 39.4. The molecule has 1 unspecified atom stereocenters. The summed E-state index contributed by atoms with van der Waals surface area (Å²) in [6, 6.07) is 0. The number of hydrogen-bond acceptors (Lipinski definition) is 5. The van der Waals surface area contributed by atoms with E-state index in [0.717, 1.165) is 19.3 Å². The third kappa shape index (κ3) is 4.91. The van der Waals surface area contributed by atoms with Gasteiger partial charge >= 0.3 is 6.18 Å². The Morgan fingerprint density at radius 1 is 1.23 bits per heavy atom. The fourth-order valence-corrected chi connectivity index (χ4v) is 6.07. The molecule has 1 N–H and O–H groups in total. The molecule has 0 aromatic rings. The molecule has 2 aliphatic heterocycles. The SMILES string of the molecule is CO[C@@H]1[C@H](CC(C)(C)[Si](C)(C)O)CC[C@]2(CO2)[C@H]1C1(C)O[C@@H]1CCOCC(F)(F)F. The summed E-state index contributed by atoms with van der Waals surface area (Å²) in [6.07, 6.45) is -1.38. The van der Waals surface area contributed by atoms with E-state index in [0.29, 0.717) is 13.0 Å². The van der Waals surface area contributed by atoms with E-state index in [-0.39, 0.29) is 41.3 Å². The largest absolute Gasteiger partial charge is 0.432 e. The molecule has 1 spiro atoms. The Hall–Kier alpha value is -0.193. The fraction of sp³-hybridized carbons (Fsp3) is 1.00. The second kappa shape index (κ2) is 7.99. The Labute approximate surface area is 178 Å². The van der Waals surface area contributed by atoms with Crippen LogP contribution in [0.5, 0.6) is 0 Å². The highest BCUT2D eigenvalue weighted by Crippen LogP contribution is 2.61. The summed E-state index contributed by atoms with van der Waals surface area (Å²) in [5.41, 5.74) is -0.752. The Morgan fingerprint density at radius 3 is 2.37 bits per heavy atom. The van der Waals surface area contributed by atoms with E-state index in [1.807, 2.05) is 20.0 Å². The molecule has 1 saturated carbocycles. The van der Waals surface area contributed by atoms with Crippen molar-refractivity contribution in [3.05, 3.63) is 0 Å². The monoisotopic (exact) mass is 454 g/mol. The van der Waals surface area contributed by atoms with Gasteiger partial charge in [-0.05, 0) is 56.7 Å². The average Bonchev–Trinajstić information content (AvgIpc) is 3.49. The first-order valence-corrected chi connectivity index (χ1v) is 13.8. The average molecular weight is 455 g/mol. The van der Waals surface area contributed by atoms with Crippen LogP contribution in [0.3, 0.4) is 0 Å². The van der Waals surface area contributed by atoms with Crippen LogP contribution < -0.4 is 0 Å². The van der Waals surface area contributed by atoms with E-state index in [1.54, 1.807) is 7.11 Å². The summed E-state index contributed by atoms with van der Waals surface area (Å²) in [7, 11) is -0.645. The third-order valence-corrected chi connectivity index (χ3v) is 11.4. The number of alkyl halides is 3. The quantitative estimate of drug-likeness (QED) is 0.320. The molecular weight excluding hydrogens is 417 g/mol. The van der Waals surface area contributed by atoms with Gasteiger partial charge in [0.15, 0.2) is 8.32 Å². The lowest BCUT2D eigenvalue weighted by Crippen LogP contribution is -2.54. The van der Waals surface area contributed by atoms with Crippen molar-refractivity contribution >= 4 is 8.32 Å². The van der Waals surface area contributed by atoms with E-state index in [4.69, 9.17) is 18.9 Å². The van der Waals surface area contributed by atoms with Crippen molar-refractivity contribution in [2.45, 2.75) is 94.2 Å². The minimum atomic E-state index is -4.31. The molecule has 9 heteroatoms. The van der Waals surface area contributed by atoms with Gasteiger partial charge < -0.3 is 23.7 Å². The van der Waals surface area contributed by atoms with E-state index in [2.05, 4.69) is 13.8 Å². The number of ether oxygens (including phenoxy) is 4. The highest BCUT2D eigenvalue weighted by Gasteiger charge is 2.72. The summed E-state index contributed by atoms with van der Waals surface area (Å²) >= 11 is 0. The minimum absolute atomic E-state index is 0.0127. The summed E-state index contributed by atoms with van der Waals surface area (Å²) < 4.78 is 59.7. The van der Waals surface area contributed by atoms with Gasteiger partial charge in [-0.1, -0.05) is 13.8 Å². The first-order valence-electron chi connectivity index (χ1n) is 10.9. The van der Waals surface area contributed by atoms with Crippen molar-refractivity contribution in [1.29, 1.82) is 0 Å². The van der Waals surface area contributed by atoms with E-state index in [9.17, 15) is 18.0 Å². The Balaban J connectivity index is 1.68. The molecule has 6 atom stereocenters. The summed E-state index contributed by atoms with van der Waals surface area (Å²) in [5.74, 6) is 0.285. The molecule has 2 saturated heterocycles. The van der Waals surface area contributed by atoms with Crippen LogP contribution in [0.4, 0.5) is 13.2 Å². The molecule has 3 fully saturated rings. The van der Waals surface area contributed by atoms with Crippen LogP contribution in [0.25, 0.3) is 0 Å². The van der Waals surface area contributed by atoms with Crippen molar-refractivity contribution in [2.75, 3.05) is 26.9 Å². The predicted molar refractivity (Wildman–Crippen MR) is 109 cm³/mol. The second-order valence-electron chi connectivity index (χ2n) is 10.7. The molecule has 0 aromatic heterocycles. The maximum absolute atomic E-state index is 12.3. The lowest BCUT2D eigenvalue weighted by atomic mass is 9.64. The van der Waals surface area contributed by atoms with Crippen LogP contribution in [0, 0.1) is 11.8 Å². The van der Waals surface area contributed by atoms with Crippen LogP contribution >= 0.6 is 0 Å². The summed E-state index contributed by atoms with van der Waals surface area (Å²) in [5, 5.41) is -0.163. The molecular formula is C21H37F3O5Si. The Morgan fingerprint density at radius 2 is 1.87 bits per heavy atom. The van der Waals surface area contributed by atoms with E-state index < -0.39 is 26.7 Å². The zero-order valence-corrected chi connectivity index (χ0v) is 20.0. The van der Waals surface area contributed by atoms with Crippen LogP contribution in [0.1, 0.15) is 46.5 Å². The lowest BCUT2D eigenvalue weighted by molar-refractivity contribution is -0.174. The van der Waals surface area contributed by atoms with Crippen molar-refractivity contribution in [1.82, 2.24) is 0 Å². The number of halogens is 3. The topological polar surface area (TPSA) is 63.8 Å². The van der Waals surface area contributed by atoms with E-state index in [1.165, 1.54) is 0 Å². The highest BCUT2D eigenvalue weighted by molar-refractivity contribution is 6.72. The molecule has 0 radical (unpaired) electrons. The van der Waals surface area contributed by atoms with Gasteiger partial charge in [0.2, 0.25) is 0 Å². The van der Waals surface area contributed by atoms with Crippen LogP contribution in [0.2, 0.25) is 18.1 Å². The van der Waals surface area contributed by atoms with Crippen molar-refractivity contribution in [2.24, 2.45) is 11.8 Å². The van der Waals surface area contributed by atoms with Crippen LogP contribution in [-0.4, -0.2) is 69.6 Å². The van der Waals surface area contributed by atoms with Gasteiger partial charge in [-0.15, -0.1) is 0 Å². The van der Waals surface area contributed by atoms with Crippen LogP contribution in [0.15, 0.2) is 0 Å². The van der Waals surface area contributed by atoms with Crippen molar-refractivity contribution in [3.63, 3.8) is 0 Å². The highest BCUT2D eigenvalue weighted by atomic mass is 28.4. The maximum atomic E-state index is 12.3. The first-order chi connectivity index (χ1) is 13.7. The lowest BCUT2D eigenvalue weighted by Gasteiger charge is -2.47. The zero-order chi connectivity index (χ0) is 22.6. The molecule has 5 nitrogen and oxygen atoms in total. The Bertz CT molecular complexity index is 617. The zero-order valence-electron chi connectivity index (χ0n) is 19.0. The molecule has 0 bridgehead atoms. The first kappa shape index (κ1) is 24.4. The van der Waals surface area contributed by atoms with Gasteiger partial charge in [0.1, 0.15) is 12.2 Å². The third-order valence-electron chi connectivity index (χ3n) is 7.90. The molecule has 2 heterocycles. The smallest absolute Gasteiger partial charge is 0.411 e. The van der Waals surface area contributed by atoms with E-state index >= 15 is 0 Å². The number of hydrogen-bond donors (Lipinski definition) is 1. The Kier molecular flexibility index (Phi) is 6.51.